The number of anilines is 1. The summed E-state index contributed by atoms with van der Waals surface area (Å²) >= 11 is 6.12. The van der Waals surface area contributed by atoms with Crippen molar-refractivity contribution in [1.82, 2.24) is 0 Å². The fraction of sp³-hybridized carbons (Fsp3) is 0.250. The first-order valence-electron chi connectivity index (χ1n) is 6.15. The normalized spacial score (nSPS) is 12.2. The smallest absolute Gasteiger partial charge is 0.0485 e. The molecule has 0 saturated carbocycles. The number of hydrogen-bond acceptors (Lipinski definition) is 1. The van der Waals surface area contributed by atoms with Crippen LogP contribution in [0.5, 0.6) is 0 Å². The SMILES string of the molecule is Cc1ccc(C(C)Nc2ccc(C)c(Cl)c2)cc1. The van der Waals surface area contributed by atoms with E-state index >= 15 is 0 Å². The number of benzene rings is 2. The number of hydrogen-bond donors (Lipinski definition) is 1. The van der Waals surface area contributed by atoms with E-state index in [1.54, 1.807) is 0 Å². The first kappa shape index (κ1) is 13.0. The predicted molar refractivity (Wildman–Crippen MR) is 79.4 cm³/mol. The van der Waals surface area contributed by atoms with Gasteiger partial charge in [0, 0.05) is 16.8 Å². The van der Waals surface area contributed by atoms with Crippen LogP contribution >= 0.6 is 11.6 Å². The molecule has 2 aromatic rings. The topological polar surface area (TPSA) is 12.0 Å². The molecule has 0 aliphatic carbocycles. The Hall–Kier alpha value is -1.47. The van der Waals surface area contributed by atoms with Gasteiger partial charge in [-0.1, -0.05) is 47.5 Å². The first-order valence-corrected chi connectivity index (χ1v) is 6.53. The Bertz CT molecular complexity index is 531. The molecule has 2 rings (SSSR count). The highest BCUT2D eigenvalue weighted by Crippen LogP contribution is 2.24. The van der Waals surface area contributed by atoms with Crippen molar-refractivity contribution in [2.45, 2.75) is 26.8 Å². The van der Waals surface area contributed by atoms with Crippen molar-refractivity contribution < 1.29 is 0 Å². The Morgan fingerprint density at radius 1 is 1.00 bits per heavy atom. The van der Waals surface area contributed by atoms with Crippen molar-refractivity contribution in [1.29, 1.82) is 0 Å². The third kappa shape index (κ3) is 3.05. The minimum absolute atomic E-state index is 0.268. The van der Waals surface area contributed by atoms with Crippen LogP contribution in [-0.2, 0) is 0 Å². The minimum atomic E-state index is 0.268. The van der Waals surface area contributed by atoms with Crippen LogP contribution in [0.25, 0.3) is 0 Å². The van der Waals surface area contributed by atoms with Crippen LogP contribution in [0.3, 0.4) is 0 Å². The fourth-order valence-corrected chi connectivity index (χ4v) is 2.05. The molecular weight excluding hydrogens is 242 g/mol. The summed E-state index contributed by atoms with van der Waals surface area (Å²) in [7, 11) is 0. The van der Waals surface area contributed by atoms with Gasteiger partial charge in [-0.2, -0.15) is 0 Å². The van der Waals surface area contributed by atoms with E-state index in [-0.39, 0.29) is 6.04 Å². The third-order valence-electron chi connectivity index (χ3n) is 3.13. The highest BCUT2D eigenvalue weighted by atomic mass is 35.5. The van der Waals surface area contributed by atoms with Crippen LogP contribution in [0.15, 0.2) is 42.5 Å². The third-order valence-corrected chi connectivity index (χ3v) is 3.54. The van der Waals surface area contributed by atoms with Crippen molar-refractivity contribution in [2.24, 2.45) is 0 Å². The zero-order valence-corrected chi connectivity index (χ0v) is 11.8. The molecule has 0 amide bonds. The molecule has 1 nitrogen and oxygen atoms in total. The highest BCUT2D eigenvalue weighted by molar-refractivity contribution is 6.31. The van der Waals surface area contributed by atoms with Gasteiger partial charge in [-0.05, 0) is 44.0 Å². The number of rotatable bonds is 3. The van der Waals surface area contributed by atoms with Gasteiger partial charge >= 0.3 is 0 Å². The Morgan fingerprint density at radius 3 is 2.28 bits per heavy atom. The van der Waals surface area contributed by atoms with E-state index < -0.39 is 0 Å². The van der Waals surface area contributed by atoms with Crippen LogP contribution in [0, 0.1) is 13.8 Å². The number of aryl methyl sites for hydroxylation is 2. The summed E-state index contributed by atoms with van der Waals surface area (Å²) in [5.41, 5.74) is 4.71. The van der Waals surface area contributed by atoms with E-state index in [2.05, 4.69) is 49.5 Å². The first-order chi connectivity index (χ1) is 8.56. The molecule has 1 atom stereocenters. The van der Waals surface area contributed by atoms with Crippen molar-refractivity contribution in [3.8, 4) is 0 Å². The fourth-order valence-electron chi connectivity index (χ4n) is 1.87. The molecule has 0 aliphatic heterocycles. The van der Waals surface area contributed by atoms with Crippen LogP contribution in [-0.4, -0.2) is 0 Å². The van der Waals surface area contributed by atoms with Crippen LogP contribution in [0.2, 0.25) is 5.02 Å². The van der Waals surface area contributed by atoms with E-state index in [4.69, 9.17) is 11.6 Å². The lowest BCUT2D eigenvalue weighted by Crippen LogP contribution is -2.06. The highest BCUT2D eigenvalue weighted by Gasteiger charge is 2.05. The maximum absolute atomic E-state index is 6.12. The van der Waals surface area contributed by atoms with Gasteiger partial charge in [0.05, 0.1) is 0 Å². The molecule has 0 aromatic heterocycles. The average molecular weight is 260 g/mol. The Labute approximate surface area is 114 Å². The average Bonchev–Trinajstić information content (AvgIpc) is 2.34. The van der Waals surface area contributed by atoms with Crippen LogP contribution < -0.4 is 5.32 Å². The molecule has 0 fully saturated rings. The molecule has 0 saturated heterocycles. The molecule has 1 N–H and O–H groups in total. The molecule has 0 heterocycles. The standard InChI is InChI=1S/C16H18ClN/c1-11-4-7-14(8-5-11)13(3)18-15-9-6-12(2)16(17)10-15/h4-10,13,18H,1-3H3. The van der Waals surface area contributed by atoms with Crippen LogP contribution in [0.1, 0.15) is 29.7 Å². The summed E-state index contributed by atoms with van der Waals surface area (Å²) in [5, 5.41) is 4.26. The van der Waals surface area contributed by atoms with Gasteiger partial charge in [-0.3, -0.25) is 0 Å². The molecule has 0 aliphatic rings. The Kier molecular flexibility index (Phi) is 3.93. The van der Waals surface area contributed by atoms with Crippen LogP contribution in [0.4, 0.5) is 5.69 Å². The summed E-state index contributed by atoms with van der Waals surface area (Å²) < 4.78 is 0. The summed E-state index contributed by atoms with van der Waals surface area (Å²) in [6.07, 6.45) is 0. The largest absolute Gasteiger partial charge is 0.378 e. The van der Waals surface area contributed by atoms with E-state index in [1.807, 2.05) is 19.1 Å². The lowest BCUT2D eigenvalue weighted by atomic mass is 10.1. The zero-order valence-electron chi connectivity index (χ0n) is 11.0. The molecule has 0 radical (unpaired) electrons. The van der Waals surface area contributed by atoms with Gasteiger partial charge in [0.15, 0.2) is 0 Å². The Morgan fingerprint density at radius 2 is 1.67 bits per heavy atom. The van der Waals surface area contributed by atoms with Crippen molar-refractivity contribution >= 4 is 17.3 Å². The molecule has 1 unspecified atom stereocenters. The van der Waals surface area contributed by atoms with Crippen molar-refractivity contribution in [3.05, 3.63) is 64.2 Å². The van der Waals surface area contributed by atoms with Crippen molar-refractivity contribution in [2.75, 3.05) is 5.32 Å². The second-order valence-electron chi connectivity index (χ2n) is 4.74. The van der Waals surface area contributed by atoms with E-state index in [0.29, 0.717) is 0 Å². The van der Waals surface area contributed by atoms with E-state index in [0.717, 1.165) is 16.3 Å². The molecule has 2 aromatic carbocycles. The molecule has 0 bridgehead atoms. The summed E-state index contributed by atoms with van der Waals surface area (Å²) in [6, 6.07) is 14.9. The second-order valence-corrected chi connectivity index (χ2v) is 5.15. The summed E-state index contributed by atoms with van der Waals surface area (Å²) in [4.78, 5) is 0. The predicted octanol–water partition coefficient (Wildman–Crippen LogP) is 5.13. The van der Waals surface area contributed by atoms with Crippen molar-refractivity contribution in [3.63, 3.8) is 0 Å². The van der Waals surface area contributed by atoms with Gasteiger partial charge in [0.25, 0.3) is 0 Å². The lowest BCUT2D eigenvalue weighted by Gasteiger charge is -2.16. The maximum Gasteiger partial charge on any atom is 0.0485 e. The summed E-state index contributed by atoms with van der Waals surface area (Å²) in [5.74, 6) is 0. The minimum Gasteiger partial charge on any atom is -0.378 e. The molecule has 2 heteroatoms. The maximum atomic E-state index is 6.12. The van der Waals surface area contributed by atoms with Gasteiger partial charge in [0.1, 0.15) is 0 Å². The quantitative estimate of drug-likeness (QED) is 0.806. The zero-order chi connectivity index (χ0) is 13.1. The van der Waals surface area contributed by atoms with Gasteiger partial charge in [0.2, 0.25) is 0 Å². The monoisotopic (exact) mass is 259 g/mol. The Balaban J connectivity index is 2.13. The number of nitrogens with one attached hydrogen (secondary N) is 1. The summed E-state index contributed by atoms with van der Waals surface area (Å²) in [6.45, 7) is 6.26. The second kappa shape index (κ2) is 5.45. The van der Waals surface area contributed by atoms with Gasteiger partial charge in [-0.25, -0.2) is 0 Å². The molecule has 18 heavy (non-hydrogen) atoms. The van der Waals surface area contributed by atoms with Gasteiger partial charge < -0.3 is 5.32 Å². The number of halogens is 1. The molecule has 0 spiro atoms. The lowest BCUT2D eigenvalue weighted by molar-refractivity contribution is 0.884. The molecular formula is C16H18ClN. The van der Waals surface area contributed by atoms with E-state index in [1.165, 1.54) is 11.1 Å². The molecule has 94 valence electrons. The van der Waals surface area contributed by atoms with E-state index in [9.17, 15) is 0 Å². The van der Waals surface area contributed by atoms with Gasteiger partial charge in [-0.15, -0.1) is 0 Å².